The minimum Gasteiger partial charge on any atom is -0.471 e. The molecule has 0 aliphatic carbocycles. The van der Waals surface area contributed by atoms with E-state index < -0.39 is 0 Å². The van der Waals surface area contributed by atoms with Crippen molar-refractivity contribution in [3.63, 3.8) is 0 Å². The molecule has 1 rings (SSSR count). The molecule has 1 aromatic heterocycles. The van der Waals surface area contributed by atoms with E-state index in [1.165, 1.54) is 0 Å². The second-order valence-electron chi connectivity index (χ2n) is 3.81. The van der Waals surface area contributed by atoms with Crippen molar-refractivity contribution in [2.45, 2.75) is 32.8 Å². The lowest BCUT2D eigenvalue weighted by molar-refractivity contribution is 0.0979. The molecular weight excluding hydrogens is 258 g/mol. The van der Waals surface area contributed by atoms with Crippen LogP contribution < -0.4 is 10.1 Å². The Labute approximate surface area is 98.6 Å². The Hall–Kier alpha value is -0.840. The maximum absolute atomic E-state index is 5.79. The largest absolute Gasteiger partial charge is 0.471 e. The highest BCUT2D eigenvalue weighted by molar-refractivity contribution is 9.10. The van der Waals surface area contributed by atoms with Crippen molar-refractivity contribution in [2.24, 2.45) is 0 Å². The Kier molecular flexibility index (Phi) is 3.90. The normalized spacial score (nSPS) is 11.3. The molecule has 4 nitrogen and oxygen atoms in total. The number of aromatic nitrogens is 2. The fourth-order valence-electron chi connectivity index (χ4n) is 0.877. The van der Waals surface area contributed by atoms with Gasteiger partial charge in [-0.3, -0.25) is 0 Å². The Morgan fingerprint density at radius 2 is 2.20 bits per heavy atom. The Morgan fingerprint density at radius 3 is 2.73 bits per heavy atom. The Bertz CT molecular complexity index is 341. The number of anilines is 1. The summed E-state index contributed by atoms with van der Waals surface area (Å²) in [6.07, 6.45) is 2.60. The molecule has 5 heteroatoms. The first-order valence-corrected chi connectivity index (χ1v) is 5.67. The summed E-state index contributed by atoms with van der Waals surface area (Å²) in [7, 11) is 1.78. The summed E-state index contributed by atoms with van der Waals surface area (Å²) < 4.78 is 6.55. The fourth-order valence-corrected chi connectivity index (χ4v) is 1.15. The Morgan fingerprint density at radius 1 is 1.53 bits per heavy atom. The molecule has 0 aliphatic heterocycles. The molecule has 0 bridgehead atoms. The SMILES string of the molecule is CCC(C)(C)Oc1nc(NC)ncc1Br. The van der Waals surface area contributed by atoms with Crippen molar-refractivity contribution in [3.8, 4) is 5.88 Å². The molecule has 0 unspecified atom stereocenters. The van der Waals surface area contributed by atoms with Gasteiger partial charge in [0.25, 0.3) is 0 Å². The Balaban J connectivity index is 2.93. The van der Waals surface area contributed by atoms with Gasteiger partial charge < -0.3 is 10.1 Å². The molecule has 0 atom stereocenters. The van der Waals surface area contributed by atoms with Crippen LogP contribution in [0.5, 0.6) is 5.88 Å². The maximum Gasteiger partial charge on any atom is 0.233 e. The summed E-state index contributed by atoms with van der Waals surface area (Å²) in [5.74, 6) is 1.13. The summed E-state index contributed by atoms with van der Waals surface area (Å²) >= 11 is 3.36. The van der Waals surface area contributed by atoms with E-state index in [0.717, 1.165) is 10.9 Å². The lowest BCUT2D eigenvalue weighted by Gasteiger charge is -2.24. The van der Waals surface area contributed by atoms with Gasteiger partial charge in [-0.15, -0.1) is 0 Å². The van der Waals surface area contributed by atoms with Crippen LogP contribution in [0.25, 0.3) is 0 Å². The number of hydrogen-bond donors (Lipinski definition) is 1. The first kappa shape index (κ1) is 12.2. The number of ether oxygens (including phenoxy) is 1. The van der Waals surface area contributed by atoms with Crippen molar-refractivity contribution >= 4 is 21.9 Å². The summed E-state index contributed by atoms with van der Waals surface area (Å²) in [5, 5.41) is 2.88. The molecule has 0 saturated heterocycles. The third kappa shape index (κ3) is 3.34. The van der Waals surface area contributed by atoms with Gasteiger partial charge in [-0.25, -0.2) is 4.98 Å². The van der Waals surface area contributed by atoms with Crippen LogP contribution in [0.2, 0.25) is 0 Å². The van der Waals surface area contributed by atoms with Gasteiger partial charge in [0.05, 0.1) is 10.7 Å². The zero-order valence-electron chi connectivity index (χ0n) is 9.47. The van der Waals surface area contributed by atoms with Crippen LogP contribution in [0.3, 0.4) is 0 Å². The van der Waals surface area contributed by atoms with Crippen molar-refractivity contribution in [2.75, 3.05) is 12.4 Å². The molecule has 0 spiro atoms. The van der Waals surface area contributed by atoms with Crippen LogP contribution in [-0.2, 0) is 0 Å². The van der Waals surface area contributed by atoms with E-state index in [4.69, 9.17) is 4.74 Å². The molecule has 1 N–H and O–H groups in total. The van der Waals surface area contributed by atoms with E-state index in [0.29, 0.717) is 11.8 Å². The molecule has 0 fully saturated rings. The van der Waals surface area contributed by atoms with Crippen LogP contribution in [0.1, 0.15) is 27.2 Å². The van der Waals surface area contributed by atoms with Gasteiger partial charge in [0, 0.05) is 7.05 Å². The maximum atomic E-state index is 5.79. The number of hydrogen-bond acceptors (Lipinski definition) is 4. The van der Waals surface area contributed by atoms with Gasteiger partial charge in [0.1, 0.15) is 5.60 Å². The van der Waals surface area contributed by atoms with E-state index >= 15 is 0 Å². The molecular formula is C10H16BrN3O. The fraction of sp³-hybridized carbons (Fsp3) is 0.600. The van der Waals surface area contributed by atoms with Crippen molar-refractivity contribution in [1.82, 2.24) is 9.97 Å². The van der Waals surface area contributed by atoms with Gasteiger partial charge in [-0.1, -0.05) is 6.92 Å². The standard InChI is InChI=1S/C10H16BrN3O/c1-5-10(2,3)15-8-7(11)6-13-9(12-4)14-8/h6H,5H2,1-4H3,(H,12,13,14). The molecule has 0 aromatic carbocycles. The molecule has 1 aromatic rings. The average Bonchev–Trinajstić information content (AvgIpc) is 2.21. The number of halogens is 1. The second-order valence-corrected chi connectivity index (χ2v) is 4.67. The van der Waals surface area contributed by atoms with E-state index in [2.05, 4.69) is 38.1 Å². The summed E-state index contributed by atoms with van der Waals surface area (Å²) in [6.45, 7) is 6.13. The molecule has 15 heavy (non-hydrogen) atoms. The first-order chi connectivity index (χ1) is 6.98. The van der Waals surface area contributed by atoms with Gasteiger partial charge in [-0.05, 0) is 36.2 Å². The van der Waals surface area contributed by atoms with E-state index in [9.17, 15) is 0 Å². The quantitative estimate of drug-likeness (QED) is 0.917. The van der Waals surface area contributed by atoms with Gasteiger partial charge >= 0.3 is 0 Å². The first-order valence-electron chi connectivity index (χ1n) is 4.88. The van der Waals surface area contributed by atoms with E-state index in [1.54, 1.807) is 13.2 Å². The number of rotatable bonds is 4. The third-order valence-electron chi connectivity index (χ3n) is 2.16. The molecule has 84 valence electrons. The predicted octanol–water partition coefficient (Wildman–Crippen LogP) is 2.85. The zero-order valence-corrected chi connectivity index (χ0v) is 11.1. The summed E-state index contributed by atoms with van der Waals surface area (Å²) in [4.78, 5) is 8.30. The zero-order chi connectivity index (χ0) is 11.5. The van der Waals surface area contributed by atoms with Crippen molar-refractivity contribution in [3.05, 3.63) is 10.7 Å². The second kappa shape index (κ2) is 4.79. The van der Waals surface area contributed by atoms with Crippen molar-refractivity contribution in [1.29, 1.82) is 0 Å². The highest BCUT2D eigenvalue weighted by Crippen LogP contribution is 2.27. The molecule has 0 saturated carbocycles. The van der Waals surface area contributed by atoms with Gasteiger partial charge in [-0.2, -0.15) is 4.98 Å². The number of nitrogens with zero attached hydrogens (tertiary/aromatic N) is 2. The van der Waals surface area contributed by atoms with E-state index in [1.807, 2.05) is 13.8 Å². The minimum absolute atomic E-state index is 0.220. The average molecular weight is 274 g/mol. The van der Waals surface area contributed by atoms with Crippen LogP contribution in [0.15, 0.2) is 10.7 Å². The van der Waals surface area contributed by atoms with Gasteiger partial charge in [0.15, 0.2) is 0 Å². The third-order valence-corrected chi connectivity index (χ3v) is 2.70. The molecule has 0 aliphatic rings. The number of nitrogens with one attached hydrogen (secondary N) is 1. The van der Waals surface area contributed by atoms with Crippen LogP contribution in [0, 0.1) is 0 Å². The lowest BCUT2D eigenvalue weighted by Crippen LogP contribution is -2.27. The minimum atomic E-state index is -0.220. The summed E-state index contributed by atoms with van der Waals surface area (Å²) in [6, 6.07) is 0. The smallest absolute Gasteiger partial charge is 0.233 e. The molecule has 0 amide bonds. The lowest BCUT2D eigenvalue weighted by atomic mass is 10.1. The van der Waals surface area contributed by atoms with E-state index in [-0.39, 0.29) is 5.60 Å². The summed E-state index contributed by atoms with van der Waals surface area (Å²) in [5.41, 5.74) is -0.220. The van der Waals surface area contributed by atoms with Gasteiger partial charge in [0.2, 0.25) is 11.8 Å². The molecule has 1 heterocycles. The van der Waals surface area contributed by atoms with Crippen LogP contribution in [-0.4, -0.2) is 22.6 Å². The topological polar surface area (TPSA) is 47.0 Å². The predicted molar refractivity (Wildman–Crippen MR) is 64.3 cm³/mol. The van der Waals surface area contributed by atoms with Crippen LogP contribution in [0.4, 0.5) is 5.95 Å². The highest BCUT2D eigenvalue weighted by atomic mass is 79.9. The monoisotopic (exact) mass is 273 g/mol. The molecule has 0 radical (unpaired) electrons. The highest BCUT2D eigenvalue weighted by Gasteiger charge is 2.19. The van der Waals surface area contributed by atoms with Crippen LogP contribution >= 0.6 is 15.9 Å². The van der Waals surface area contributed by atoms with Crippen molar-refractivity contribution < 1.29 is 4.74 Å².